The molecule has 0 aromatic carbocycles. The molecule has 0 bridgehead atoms. The van der Waals surface area contributed by atoms with E-state index in [0.717, 1.165) is 0 Å². The molecule has 0 atom stereocenters. The smallest absolute Gasteiger partial charge is 0.0822 e. The average Bonchev–Trinajstić information content (AvgIpc) is 2.02. The first kappa shape index (κ1) is 11.9. The van der Waals surface area contributed by atoms with Gasteiger partial charge in [0.2, 0.25) is 0 Å². The number of nitrogens with zero attached hydrogens (tertiary/aromatic N) is 1. The standard InChI is InChI=1S/C9H21NO2/c1-8(2,10(5)12-7)9(3,4)11-6/h1-7H3. The highest BCUT2D eigenvalue weighted by Gasteiger charge is 2.41. The van der Waals surface area contributed by atoms with Crippen LogP contribution in [0.4, 0.5) is 0 Å². The van der Waals surface area contributed by atoms with E-state index in [0.29, 0.717) is 0 Å². The van der Waals surface area contributed by atoms with Crippen LogP contribution in [0.15, 0.2) is 0 Å². The highest BCUT2D eigenvalue weighted by atomic mass is 16.7. The first-order chi connectivity index (χ1) is 5.29. The van der Waals surface area contributed by atoms with Gasteiger partial charge in [-0.05, 0) is 27.7 Å². The van der Waals surface area contributed by atoms with Gasteiger partial charge in [-0.2, -0.15) is 5.06 Å². The van der Waals surface area contributed by atoms with Gasteiger partial charge in [-0.1, -0.05) is 0 Å². The van der Waals surface area contributed by atoms with Gasteiger partial charge in [0, 0.05) is 14.2 Å². The number of methoxy groups -OCH3 is 1. The molecule has 0 radical (unpaired) electrons. The van der Waals surface area contributed by atoms with E-state index in [1.807, 2.05) is 20.9 Å². The van der Waals surface area contributed by atoms with Crippen molar-refractivity contribution in [1.82, 2.24) is 5.06 Å². The van der Waals surface area contributed by atoms with Gasteiger partial charge in [-0.15, -0.1) is 0 Å². The minimum atomic E-state index is -0.238. The van der Waals surface area contributed by atoms with Crippen LogP contribution in [0.25, 0.3) is 0 Å². The summed E-state index contributed by atoms with van der Waals surface area (Å²) in [4.78, 5) is 5.16. The molecule has 0 N–H and O–H groups in total. The Balaban J connectivity index is 4.58. The zero-order valence-corrected chi connectivity index (χ0v) is 9.26. The number of likely N-dealkylation sites (N-methyl/N-ethyl adjacent to an activating group) is 1. The van der Waals surface area contributed by atoms with Crippen LogP contribution in [0.5, 0.6) is 0 Å². The zero-order valence-electron chi connectivity index (χ0n) is 9.26. The molecule has 0 aromatic heterocycles. The minimum absolute atomic E-state index is 0.156. The Hall–Kier alpha value is -0.120. The fraction of sp³-hybridized carbons (Fsp3) is 1.00. The van der Waals surface area contributed by atoms with Gasteiger partial charge in [0.25, 0.3) is 0 Å². The molecule has 0 saturated heterocycles. The Morgan fingerprint density at radius 1 is 1.00 bits per heavy atom. The highest BCUT2D eigenvalue weighted by Crippen LogP contribution is 2.29. The van der Waals surface area contributed by atoms with Gasteiger partial charge < -0.3 is 9.57 Å². The third-order valence-electron chi connectivity index (χ3n) is 3.04. The molecule has 0 unspecified atom stereocenters. The lowest BCUT2D eigenvalue weighted by Gasteiger charge is -2.45. The van der Waals surface area contributed by atoms with Gasteiger partial charge in [0.05, 0.1) is 18.2 Å². The van der Waals surface area contributed by atoms with E-state index in [1.54, 1.807) is 19.3 Å². The molecule has 0 aliphatic heterocycles. The molecule has 0 aromatic rings. The third-order valence-corrected chi connectivity index (χ3v) is 3.04. The Kier molecular flexibility index (Phi) is 3.69. The molecule has 0 spiro atoms. The Labute approximate surface area is 75.6 Å². The predicted octanol–water partition coefficient (Wildman–Crippen LogP) is 1.68. The van der Waals surface area contributed by atoms with Crippen LogP contribution in [-0.4, -0.2) is 37.5 Å². The molecule has 0 fully saturated rings. The van der Waals surface area contributed by atoms with Gasteiger partial charge >= 0.3 is 0 Å². The topological polar surface area (TPSA) is 21.7 Å². The van der Waals surface area contributed by atoms with Crippen molar-refractivity contribution in [2.24, 2.45) is 0 Å². The first-order valence-electron chi connectivity index (χ1n) is 4.12. The van der Waals surface area contributed by atoms with Gasteiger partial charge in [-0.25, -0.2) is 0 Å². The van der Waals surface area contributed by atoms with Crippen LogP contribution in [0.3, 0.4) is 0 Å². The SMILES string of the molecule is CON(C)C(C)(C)C(C)(C)OC. The van der Waals surface area contributed by atoms with Crippen molar-refractivity contribution < 1.29 is 9.57 Å². The maximum atomic E-state index is 5.40. The van der Waals surface area contributed by atoms with Gasteiger partial charge in [0.1, 0.15) is 0 Å². The van der Waals surface area contributed by atoms with Crippen molar-refractivity contribution in [2.45, 2.75) is 38.8 Å². The van der Waals surface area contributed by atoms with Crippen molar-refractivity contribution in [2.75, 3.05) is 21.3 Å². The van der Waals surface area contributed by atoms with E-state index in [-0.39, 0.29) is 11.1 Å². The van der Waals surface area contributed by atoms with E-state index in [2.05, 4.69) is 13.8 Å². The summed E-state index contributed by atoms with van der Waals surface area (Å²) in [5.41, 5.74) is -0.395. The second-order valence-corrected chi connectivity index (χ2v) is 3.95. The van der Waals surface area contributed by atoms with Crippen LogP contribution in [0, 0.1) is 0 Å². The molecule has 0 aliphatic carbocycles. The lowest BCUT2D eigenvalue weighted by molar-refractivity contribution is -0.229. The van der Waals surface area contributed by atoms with Crippen molar-refractivity contribution in [1.29, 1.82) is 0 Å². The van der Waals surface area contributed by atoms with E-state index >= 15 is 0 Å². The Morgan fingerprint density at radius 3 is 1.67 bits per heavy atom. The monoisotopic (exact) mass is 175 g/mol. The second kappa shape index (κ2) is 3.73. The first-order valence-corrected chi connectivity index (χ1v) is 4.12. The second-order valence-electron chi connectivity index (χ2n) is 3.95. The van der Waals surface area contributed by atoms with Crippen molar-refractivity contribution in [3.05, 3.63) is 0 Å². The molecule has 0 saturated carbocycles. The largest absolute Gasteiger partial charge is 0.377 e. The Bertz CT molecular complexity index is 143. The van der Waals surface area contributed by atoms with Crippen LogP contribution in [0.2, 0.25) is 0 Å². The van der Waals surface area contributed by atoms with E-state index in [1.165, 1.54) is 0 Å². The van der Waals surface area contributed by atoms with Crippen molar-refractivity contribution in [3.8, 4) is 0 Å². The molecule has 0 aliphatic rings. The Morgan fingerprint density at radius 2 is 1.42 bits per heavy atom. The summed E-state index contributed by atoms with van der Waals surface area (Å²) >= 11 is 0. The fourth-order valence-electron chi connectivity index (χ4n) is 0.857. The van der Waals surface area contributed by atoms with Crippen molar-refractivity contribution >= 4 is 0 Å². The van der Waals surface area contributed by atoms with Crippen LogP contribution in [0.1, 0.15) is 27.7 Å². The number of rotatable bonds is 4. The predicted molar refractivity (Wildman–Crippen MR) is 49.9 cm³/mol. The number of hydrogen-bond acceptors (Lipinski definition) is 3. The zero-order chi connectivity index (χ0) is 9.99. The summed E-state index contributed by atoms with van der Waals surface area (Å²) in [6.45, 7) is 8.25. The van der Waals surface area contributed by atoms with Crippen LogP contribution in [-0.2, 0) is 9.57 Å². The summed E-state index contributed by atoms with van der Waals surface area (Å²) in [6, 6.07) is 0. The summed E-state index contributed by atoms with van der Waals surface area (Å²) in [6.07, 6.45) is 0. The molecule has 12 heavy (non-hydrogen) atoms. The fourth-order valence-corrected chi connectivity index (χ4v) is 0.857. The maximum Gasteiger partial charge on any atom is 0.0822 e. The van der Waals surface area contributed by atoms with Crippen LogP contribution < -0.4 is 0 Å². The highest BCUT2D eigenvalue weighted by molar-refractivity contribution is 4.93. The third kappa shape index (κ3) is 1.97. The molecule has 0 rings (SSSR count). The number of ether oxygens (including phenoxy) is 1. The summed E-state index contributed by atoms with van der Waals surface area (Å²) < 4.78 is 5.40. The quantitative estimate of drug-likeness (QED) is 0.607. The molecular weight excluding hydrogens is 154 g/mol. The summed E-state index contributed by atoms with van der Waals surface area (Å²) in [7, 11) is 5.28. The average molecular weight is 175 g/mol. The van der Waals surface area contributed by atoms with Crippen LogP contribution >= 0.6 is 0 Å². The lowest BCUT2D eigenvalue weighted by atomic mass is 9.85. The molecule has 74 valence electrons. The van der Waals surface area contributed by atoms with Gasteiger partial charge in [0.15, 0.2) is 0 Å². The molecular formula is C9H21NO2. The van der Waals surface area contributed by atoms with Crippen molar-refractivity contribution in [3.63, 3.8) is 0 Å². The lowest BCUT2D eigenvalue weighted by Crippen LogP contribution is -2.56. The number of hydroxylamine groups is 2. The maximum absolute atomic E-state index is 5.40. The normalized spacial score (nSPS) is 14.0. The van der Waals surface area contributed by atoms with Gasteiger partial charge in [-0.3, -0.25) is 0 Å². The molecule has 0 amide bonds. The van der Waals surface area contributed by atoms with E-state index in [9.17, 15) is 0 Å². The number of hydrogen-bond donors (Lipinski definition) is 0. The summed E-state index contributed by atoms with van der Waals surface area (Å²) in [5, 5.41) is 1.80. The molecule has 3 nitrogen and oxygen atoms in total. The summed E-state index contributed by atoms with van der Waals surface area (Å²) in [5.74, 6) is 0. The minimum Gasteiger partial charge on any atom is -0.377 e. The molecule has 0 heterocycles. The van der Waals surface area contributed by atoms with E-state index < -0.39 is 0 Å². The molecule has 3 heteroatoms. The van der Waals surface area contributed by atoms with E-state index in [4.69, 9.17) is 9.57 Å².